The Bertz CT molecular complexity index is 825. The number of nitrogens with one attached hydrogen (secondary N) is 1. The molecular weight excluding hydrogens is 312 g/mol. The zero-order chi connectivity index (χ0) is 17.3. The maximum absolute atomic E-state index is 12.5. The van der Waals surface area contributed by atoms with Crippen molar-refractivity contribution in [3.8, 4) is 0 Å². The molecule has 0 amide bonds. The average Bonchev–Trinajstić information content (AvgIpc) is 2.59. The molecule has 0 aliphatic carbocycles. The summed E-state index contributed by atoms with van der Waals surface area (Å²) in [4.78, 5) is 26.7. The molecule has 8 heteroatoms. The highest BCUT2D eigenvalue weighted by Crippen LogP contribution is 2.33. The molecule has 8 nitrogen and oxygen atoms in total. The van der Waals surface area contributed by atoms with Crippen LogP contribution in [0.3, 0.4) is 0 Å². The lowest BCUT2D eigenvalue weighted by Crippen LogP contribution is -3.15. The summed E-state index contributed by atoms with van der Waals surface area (Å²) in [5, 5.41) is 21.4. The summed E-state index contributed by atoms with van der Waals surface area (Å²) in [6.45, 7) is 3.60. The third kappa shape index (κ3) is 2.74. The lowest BCUT2D eigenvalue weighted by molar-refractivity contribution is -0.900. The largest absolute Gasteiger partial charge is 0.391 e. The number of anilines is 1. The van der Waals surface area contributed by atoms with Crippen molar-refractivity contribution in [2.24, 2.45) is 7.05 Å². The number of aliphatic hydroxyl groups is 1. The van der Waals surface area contributed by atoms with Gasteiger partial charge < -0.3 is 19.5 Å². The van der Waals surface area contributed by atoms with Crippen LogP contribution in [-0.4, -0.2) is 53.9 Å². The third-order valence-electron chi connectivity index (χ3n) is 4.69. The molecule has 1 aliphatic rings. The topological polar surface area (TPSA) is 93.0 Å². The molecule has 0 bridgehead atoms. The monoisotopic (exact) mass is 333 g/mol. The zero-order valence-electron chi connectivity index (χ0n) is 13.6. The van der Waals surface area contributed by atoms with Gasteiger partial charge in [0.25, 0.3) is 0 Å². The zero-order valence-corrected chi connectivity index (χ0v) is 13.6. The van der Waals surface area contributed by atoms with E-state index in [4.69, 9.17) is 5.11 Å². The number of benzene rings is 1. The Morgan fingerprint density at radius 1 is 1.29 bits per heavy atom. The number of aryl methyl sites for hydroxylation is 1. The lowest BCUT2D eigenvalue weighted by atomic mass is 10.1. The molecular formula is C16H21N4O4+. The van der Waals surface area contributed by atoms with Crippen LogP contribution in [0, 0.1) is 10.1 Å². The average molecular weight is 333 g/mol. The summed E-state index contributed by atoms with van der Waals surface area (Å²) in [5.74, 6) is 0. The number of rotatable bonds is 4. The number of hydrogen-bond donors (Lipinski definition) is 2. The van der Waals surface area contributed by atoms with Gasteiger partial charge in [0.1, 0.15) is 12.2 Å². The fourth-order valence-corrected chi connectivity index (χ4v) is 3.40. The van der Waals surface area contributed by atoms with Crippen LogP contribution in [-0.2, 0) is 7.05 Å². The number of nitrogens with zero attached hydrogens (tertiary/aromatic N) is 3. The Labute approximate surface area is 138 Å². The van der Waals surface area contributed by atoms with Crippen LogP contribution >= 0.6 is 0 Å². The Morgan fingerprint density at radius 2 is 1.96 bits per heavy atom. The van der Waals surface area contributed by atoms with Crippen molar-refractivity contribution < 1.29 is 14.9 Å². The third-order valence-corrected chi connectivity index (χ3v) is 4.69. The van der Waals surface area contributed by atoms with E-state index in [1.165, 1.54) is 9.47 Å². The minimum absolute atomic E-state index is 0.129. The molecule has 1 aromatic heterocycles. The summed E-state index contributed by atoms with van der Waals surface area (Å²) in [5.41, 5.74) is 0.163. The summed E-state index contributed by atoms with van der Waals surface area (Å²) < 4.78 is 1.34. The normalized spacial score (nSPS) is 15.8. The number of piperazine rings is 1. The predicted molar refractivity (Wildman–Crippen MR) is 90.7 cm³/mol. The van der Waals surface area contributed by atoms with Gasteiger partial charge in [0.2, 0.25) is 0 Å². The summed E-state index contributed by atoms with van der Waals surface area (Å²) in [6, 6.07) is 7.27. The first-order valence-corrected chi connectivity index (χ1v) is 8.00. The molecule has 24 heavy (non-hydrogen) atoms. The van der Waals surface area contributed by atoms with E-state index in [-0.39, 0.29) is 12.3 Å². The van der Waals surface area contributed by atoms with Crippen molar-refractivity contribution >= 4 is 22.3 Å². The highest BCUT2D eigenvalue weighted by Gasteiger charge is 2.31. The standard InChI is InChI=1S/C16H20N4O4/c1-17-13-5-3-2-4-12(13)14(15(16(17)22)20(23)24)19-8-6-18(7-9-19)10-11-21/h2-5,21H,6-11H2,1H3/p+1. The highest BCUT2D eigenvalue weighted by atomic mass is 16.6. The van der Waals surface area contributed by atoms with E-state index in [1.54, 1.807) is 13.1 Å². The van der Waals surface area contributed by atoms with Gasteiger partial charge in [-0.2, -0.15) is 0 Å². The summed E-state index contributed by atoms with van der Waals surface area (Å²) >= 11 is 0. The Balaban J connectivity index is 2.13. The molecule has 2 heterocycles. The molecule has 0 spiro atoms. The number of aliphatic hydroxyl groups excluding tert-OH is 1. The van der Waals surface area contributed by atoms with Crippen molar-refractivity contribution in [1.82, 2.24) is 4.57 Å². The van der Waals surface area contributed by atoms with E-state index < -0.39 is 10.5 Å². The fourth-order valence-electron chi connectivity index (χ4n) is 3.40. The Hall–Kier alpha value is -2.45. The van der Waals surface area contributed by atoms with Crippen LogP contribution in [0.15, 0.2) is 29.1 Å². The van der Waals surface area contributed by atoms with Crippen molar-refractivity contribution in [2.45, 2.75) is 0 Å². The number of hydrogen-bond acceptors (Lipinski definition) is 5. The van der Waals surface area contributed by atoms with Gasteiger partial charge in [0.15, 0.2) is 0 Å². The first-order chi connectivity index (χ1) is 11.5. The van der Waals surface area contributed by atoms with E-state index in [1.807, 2.05) is 23.1 Å². The molecule has 0 unspecified atom stereocenters. The summed E-state index contributed by atoms with van der Waals surface area (Å²) in [6.07, 6.45) is 0. The quantitative estimate of drug-likeness (QED) is 0.561. The maximum Gasteiger partial charge on any atom is 0.357 e. The molecule has 1 fully saturated rings. The minimum atomic E-state index is -0.584. The molecule has 0 radical (unpaired) electrons. The molecule has 0 atom stereocenters. The van der Waals surface area contributed by atoms with Crippen LogP contribution < -0.4 is 15.4 Å². The number of aromatic nitrogens is 1. The van der Waals surface area contributed by atoms with Crippen LogP contribution in [0.1, 0.15) is 0 Å². The van der Waals surface area contributed by atoms with Gasteiger partial charge >= 0.3 is 11.2 Å². The number of pyridine rings is 1. The van der Waals surface area contributed by atoms with E-state index in [0.717, 1.165) is 18.5 Å². The number of fused-ring (bicyclic) bond motifs is 1. The van der Waals surface area contributed by atoms with E-state index in [0.29, 0.717) is 30.8 Å². The van der Waals surface area contributed by atoms with Crippen molar-refractivity contribution in [1.29, 1.82) is 0 Å². The van der Waals surface area contributed by atoms with Crippen LogP contribution in [0.2, 0.25) is 0 Å². The number of nitro groups is 1. The van der Waals surface area contributed by atoms with Gasteiger partial charge in [-0.25, -0.2) is 0 Å². The van der Waals surface area contributed by atoms with Crippen LogP contribution in [0.25, 0.3) is 10.9 Å². The van der Waals surface area contributed by atoms with E-state index in [9.17, 15) is 14.9 Å². The maximum atomic E-state index is 12.5. The Kier molecular flexibility index (Phi) is 4.50. The van der Waals surface area contributed by atoms with E-state index >= 15 is 0 Å². The first kappa shape index (κ1) is 16.4. The number of quaternary nitrogens is 1. The van der Waals surface area contributed by atoms with Gasteiger partial charge in [0.05, 0.1) is 43.2 Å². The van der Waals surface area contributed by atoms with Crippen LogP contribution in [0.4, 0.5) is 11.4 Å². The second-order valence-electron chi connectivity index (χ2n) is 6.05. The summed E-state index contributed by atoms with van der Waals surface area (Å²) in [7, 11) is 1.56. The van der Waals surface area contributed by atoms with Gasteiger partial charge in [-0.1, -0.05) is 18.2 Å². The molecule has 1 aromatic carbocycles. The molecule has 2 aromatic rings. The molecule has 0 saturated carbocycles. The van der Waals surface area contributed by atoms with Crippen molar-refractivity contribution in [3.05, 3.63) is 44.7 Å². The predicted octanol–water partition coefficient (Wildman–Crippen LogP) is -0.856. The lowest BCUT2D eigenvalue weighted by Gasteiger charge is -2.33. The van der Waals surface area contributed by atoms with Crippen LogP contribution in [0.5, 0.6) is 0 Å². The minimum Gasteiger partial charge on any atom is -0.391 e. The van der Waals surface area contributed by atoms with Crippen molar-refractivity contribution in [2.75, 3.05) is 44.2 Å². The van der Waals surface area contributed by atoms with Gasteiger partial charge in [-0.05, 0) is 6.07 Å². The molecule has 2 N–H and O–H groups in total. The SMILES string of the molecule is Cn1c(=O)c([N+](=O)[O-])c(N2CC[NH+](CCO)CC2)c2ccccc21. The smallest absolute Gasteiger partial charge is 0.357 e. The Morgan fingerprint density at radius 3 is 2.58 bits per heavy atom. The fraction of sp³-hybridized carbons (Fsp3) is 0.438. The van der Waals surface area contributed by atoms with Crippen molar-refractivity contribution in [3.63, 3.8) is 0 Å². The molecule has 3 rings (SSSR count). The molecule has 1 saturated heterocycles. The van der Waals surface area contributed by atoms with E-state index in [2.05, 4.69) is 0 Å². The van der Waals surface area contributed by atoms with Gasteiger partial charge in [0, 0.05) is 12.4 Å². The highest BCUT2D eigenvalue weighted by molar-refractivity contribution is 5.96. The van der Waals surface area contributed by atoms with Gasteiger partial charge in [-0.15, -0.1) is 0 Å². The molecule has 1 aliphatic heterocycles. The second kappa shape index (κ2) is 6.58. The second-order valence-corrected chi connectivity index (χ2v) is 6.05. The molecule has 128 valence electrons. The number of para-hydroxylation sites is 1. The first-order valence-electron chi connectivity index (χ1n) is 8.00. The van der Waals surface area contributed by atoms with Gasteiger partial charge in [-0.3, -0.25) is 14.9 Å².